The third-order valence-electron chi connectivity index (χ3n) is 5.80. The van der Waals surface area contributed by atoms with Gasteiger partial charge in [-0.2, -0.15) is 0 Å². The summed E-state index contributed by atoms with van der Waals surface area (Å²) in [5.41, 5.74) is 2.76. The van der Waals surface area contributed by atoms with E-state index in [0.717, 1.165) is 24.1 Å². The maximum absolute atomic E-state index is 13.1. The Bertz CT molecular complexity index is 804. The SMILES string of the molecule is CC1(C)CC(NCc2cccc3c2C(=O)N(C2CCC(=O)NC2=O)C3)CN1. The highest BCUT2D eigenvalue weighted by Gasteiger charge is 2.40. The van der Waals surface area contributed by atoms with Crippen LogP contribution < -0.4 is 16.0 Å². The quantitative estimate of drug-likeness (QED) is 0.678. The molecule has 1 aromatic rings. The number of imide groups is 1. The maximum atomic E-state index is 13.1. The standard InChI is InChI=1S/C20H26N4O3/c1-20(2)8-14(10-22-20)21-9-12-4-3-5-13-11-24(19(27)17(12)13)15-6-7-16(25)23-18(15)26/h3-5,14-15,21-22H,6-11H2,1-2H3,(H,23,25,26). The molecule has 3 N–H and O–H groups in total. The monoisotopic (exact) mass is 370 g/mol. The summed E-state index contributed by atoms with van der Waals surface area (Å²) in [6.45, 7) is 6.34. The number of hydrogen-bond donors (Lipinski definition) is 3. The predicted octanol–water partition coefficient (Wildman–Crippen LogP) is 0.678. The number of fused-ring (bicyclic) bond motifs is 1. The lowest BCUT2D eigenvalue weighted by molar-refractivity contribution is -0.136. The average molecular weight is 370 g/mol. The molecule has 2 unspecified atom stereocenters. The van der Waals surface area contributed by atoms with Gasteiger partial charge in [0, 0.05) is 43.2 Å². The lowest BCUT2D eigenvalue weighted by Gasteiger charge is -2.29. The van der Waals surface area contributed by atoms with Gasteiger partial charge < -0.3 is 15.5 Å². The van der Waals surface area contributed by atoms with E-state index in [-0.39, 0.29) is 29.7 Å². The highest BCUT2D eigenvalue weighted by atomic mass is 16.2. The summed E-state index contributed by atoms with van der Waals surface area (Å²) in [7, 11) is 0. The van der Waals surface area contributed by atoms with Crippen molar-refractivity contribution in [2.75, 3.05) is 6.54 Å². The van der Waals surface area contributed by atoms with Crippen LogP contribution in [-0.2, 0) is 22.7 Å². The Kier molecular flexibility index (Phi) is 4.52. The molecule has 0 spiro atoms. The molecule has 3 heterocycles. The smallest absolute Gasteiger partial charge is 0.255 e. The average Bonchev–Trinajstić information content (AvgIpc) is 3.13. The molecule has 2 atom stereocenters. The number of amides is 3. The molecule has 0 saturated carbocycles. The van der Waals surface area contributed by atoms with Gasteiger partial charge in [0.2, 0.25) is 11.8 Å². The molecule has 2 saturated heterocycles. The van der Waals surface area contributed by atoms with Gasteiger partial charge in [-0.1, -0.05) is 18.2 Å². The largest absolute Gasteiger partial charge is 0.322 e. The molecule has 0 bridgehead atoms. The van der Waals surface area contributed by atoms with Gasteiger partial charge in [0.1, 0.15) is 6.04 Å². The molecular formula is C20H26N4O3. The van der Waals surface area contributed by atoms with Crippen molar-refractivity contribution in [2.24, 2.45) is 0 Å². The van der Waals surface area contributed by atoms with Gasteiger partial charge in [0.15, 0.2) is 0 Å². The van der Waals surface area contributed by atoms with Crippen LogP contribution in [0.4, 0.5) is 0 Å². The van der Waals surface area contributed by atoms with Crippen LogP contribution in [0.25, 0.3) is 0 Å². The molecule has 0 aromatic heterocycles. The number of piperidine rings is 1. The third-order valence-corrected chi connectivity index (χ3v) is 5.80. The normalized spacial score (nSPS) is 27.0. The zero-order valence-corrected chi connectivity index (χ0v) is 15.8. The Morgan fingerprint density at radius 3 is 2.78 bits per heavy atom. The van der Waals surface area contributed by atoms with Crippen LogP contribution in [0.5, 0.6) is 0 Å². The first-order valence-electron chi connectivity index (χ1n) is 9.58. The van der Waals surface area contributed by atoms with Crippen molar-refractivity contribution in [1.29, 1.82) is 0 Å². The van der Waals surface area contributed by atoms with Gasteiger partial charge in [-0.05, 0) is 37.8 Å². The van der Waals surface area contributed by atoms with Crippen molar-refractivity contribution in [2.45, 2.75) is 63.8 Å². The van der Waals surface area contributed by atoms with Crippen molar-refractivity contribution >= 4 is 17.7 Å². The molecule has 2 fully saturated rings. The lowest BCUT2D eigenvalue weighted by atomic mass is 10.00. The molecule has 4 rings (SSSR count). The van der Waals surface area contributed by atoms with Crippen LogP contribution in [0.1, 0.15) is 54.6 Å². The zero-order chi connectivity index (χ0) is 19.2. The minimum absolute atomic E-state index is 0.109. The number of carbonyl (C=O) groups excluding carboxylic acids is 3. The van der Waals surface area contributed by atoms with E-state index in [1.165, 1.54) is 0 Å². The first kappa shape index (κ1) is 18.1. The summed E-state index contributed by atoms with van der Waals surface area (Å²) in [6.07, 6.45) is 1.70. The van der Waals surface area contributed by atoms with Crippen molar-refractivity contribution in [3.05, 3.63) is 34.9 Å². The van der Waals surface area contributed by atoms with Gasteiger partial charge in [-0.15, -0.1) is 0 Å². The van der Waals surface area contributed by atoms with Gasteiger partial charge in [0.05, 0.1) is 0 Å². The summed E-state index contributed by atoms with van der Waals surface area (Å²) in [5, 5.41) is 9.39. The Labute approximate surface area is 158 Å². The van der Waals surface area contributed by atoms with E-state index in [1.54, 1.807) is 4.90 Å². The van der Waals surface area contributed by atoms with Crippen molar-refractivity contribution in [3.63, 3.8) is 0 Å². The van der Waals surface area contributed by atoms with Crippen molar-refractivity contribution < 1.29 is 14.4 Å². The van der Waals surface area contributed by atoms with E-state index in [4.69, 9.17) is 0 Å². The summed E-state index contributed by atoms with van der Waals surface area (Å²) in [6, 6.07) is 5.70. The third kappa shape index (κ3) is 3.49. The minimum atomic E-state index is -0.566. The van der Waals surface area contributed by atoms with E-state index in [1.807, 2.05) is 18.2 Å². The highest BCUT2D eigenvalue weighted by Crippen LogP contribution is 2.30. The molecule has 0 radical (unpaired) electrons. The fourth-order valence-electron chi connectivity index (χ4n) is 4.40. The Morgan fingerprint density at radius 2 is 2.07 bits per heavy atom. The molecule has 7 nitrogen and oxygen atoms in total. The molecule has 144 valence electrons. The molecule has 3 aliphatic rings. The molecule has 3 amide bonds. The zero-order valence-electron chi connectivity index (χ0n) is 15.8. The lowest BCUT2D eigenvalue weighted by Crippen LogP contribution is -2.52. The Morgan fingerprint density at radius 1 is 1.26 bits per heavy atom. The van der Waals surface area contributed by atoms with Crippen LogP contribution in [0.3, 0.4) is 0 Å². The molecule has 1 aromatic carbocycles. The number of rotatable bonds is 4. The van der Waals surface area contributed by atoms with Gasteiger partial charge in [-0.3, -0.25) is 19.7 Å². The first-order valence-corrected chi connectivity index (χ1v) is 9.58. The van der Waals surface area contributed by atoms with Crippen molar-refractivity contribution in [1.82, 2.24) is 20.9 Å². The fourth-order valence-corrected chi connectivity index (χ4v) is 4.40. The highest BCUT2D eigenvalue weighted by molar-refractivity contribution is 6.05. The number of hydrogen-bond acceptors (Lipinski definition) is 5. The van der Waals surface area contributed by atoms with Crippen LogP contribution >= 0.6 is 0 Å². The van der Waals surface area contributed by atoms with Crippen molar-refractivity contribution in [3.8, 4) is 0 Å². The number of benzene rings is 1. The minimum Gasteiger partial charge on any atom is -0.322 e. The molecular weight excluding hydrogens is 344 g/mol. The summed E-state index contributed by atoms with van der Waals surface area (Å²) in [4.78, 5) is 38.3. The van der Waals surface area contributed by atoms with Crippen LogP contribution in [0.2, 0.25) is 0 Å². The topological polar surface area (TPSA) is 90.5 Å². The molecule has 3 aliphatic heterocycles. The van der Waals surface area contributed by atoms with E-state index in [0.29, 0.717) is 31.1 Å². The van der Waals surface area contributed by atoms with Gasteiger partial charge in [-0.25, -0.2) is 0 Å². The van der Waals surface area contributed by atoms with E-state index in [2.05, 4.69) is 29.8 Å². The van der Waals surface area contributed by atoms with Crippen LogP contribution in [0, 0.1) is 0 Å². The number of nitrogens with zero attached hydrogens (tertiary/aromatic N) is 1. The Hall–Kier alpha value is -2.25. The maximum Gasteiger partial charge on any atom is 0.255 e. The fraction of sp³-hybridized carbons (Fsp3) is 0.550. The molecule has 27 heavy (non-hydrogen) atoms. The first-order chi connectivity index (χ1) is 12.8. The summed E-state index contributed by atoms with van der Waals surface area (Å²) >= 11 is 0. The molecule has 0 aliphatic carbocycles. The van der Waals surface area contributed by atoms with E-state index < -0.39 is 6.04 Å². The van der Waals surface area contributed by atoms with E-state index in [9.17, 15) is 14.4 Å². The second-order valence-electron chi connectivity index (χ2n) is 8.40. The Balaban J connectivity index is 1.48. The van der Waals surface area contributed by atoms with Crippen LogP contribution in [-0.4, -0.2) is 46.8 Å². The summed E-state index contributed by atoms with van der Waals surface area (Å²) in [5.74, 6) is -0.744. The number of carbonyl (C=O) groups is 3. The van der Waals surface area contributed by atoms with Gasteiger partial charge in [0.25, 0.3) is 5.91 Å². The second kappa shape index (κ2) is 6.73. The second-order valence-corrected chi connectivity index (χ2v) is 8.40. The van der Waals surface area contributed by atoms with E-state index >= 15 is 0 Å². The van der Waals surface area contributed by atoms with Gasteiger partial charge >= 0.3 is 0 Å². The van der Waals surface area contributed by atoms with Crippen LogP contribution in [0.15, 0.2) is 18.2 Å². The summed E-state index contributed by atoms with van der Waals surface area (Å²) < 4.78 is 0. The predicted molar refractivity (Wildman–Crippen MR) is 99.8 cm³/mol. The molecule has 7 heteroatoms. The number of nitrogens with one attached hydrogen (secondary N) is 3.